The predicted molar refractivity (Wildman–Crippen MR) is 101 cm³/mol. The van der Waals surface area contributed by atoms with Crippen molar-refractivity contribution in [2.45, 2.75) is 38.1 Å². The molecular weight excluding hydrogens is 352 g/mol. The van der Waals surface area contributed by atoms with E-state index in [0.29, 0.717) is 26.1 Å². The summed E-state index contributed by atoms with van der Waals surface area (Å²) in [5.74, 6) is 0.575. The summed E-state index contributed by atoms with van der Waals surface area (Å²) in [5, 5.41) is 2.53. The van der Waals surface area contributed by atoms with Crippen molar-refractivity contribution in [1.82, 2.24) is 10.2 Å². The zero-order valence-electron chi connectivity index (χ0n) is 15.6. The first-order valence-corrected chi connectivity index (χ1v) is 10.9. The molecule has 1 N–H and O–H groups in total. The van der Waals surface area contributed by atoms with Crippen LogP contribution >= 0.6 is 0 Å². The maximum absolute atomic E-state index is 12.6. The van der Waals surface area contributed by atoms with E-state index in [4.69, 9.17) is 4.74 Å². The first-order valence-electron chi connectivity index (χ1n) is 9.17. The van der Waals surface area contributed by atoms with E-state index in [-0.39, 0.29) is 29.5 Å². The SMILES string of the molecule is COc1ccc(CN2C[C@H]3[C@H](C(=O)NC(C)C)CCS(=O)(=O)[C@H]3C2)cc1. The predicted octanol–water partition coefficient (Wildman–Crippen LogP) is 1.45. The topological polar surface area (TPSA) is 75.7 Å². The van der Waals surface area contributed by atoms with Gasteiger partial charge < -0.3 is 10.1 Å². The lowest BCUT2D eigenvalue weighted by Crippen LogP contribution is -2.48. The van der Waals surface area contributed by atoms with Gasteiger partial charge in [-0.2, -0.15) is 0 Å². The van der Waals surface area contributed by atoms with Gasteiger partial charge in [-0.05, 0) is 38.0 Å². The first kappa shape index (κ1) is 19.2. The third kappa shape index (κ3) is 4.04. The minimum absolute atomic E-state index is 0.00352. The number of ether oxygens (including phenoxy) is 1. The highest BCUT2D eigenvalue weighted by molar-refractivity contribution is 7.92. The number of rotatable bonds is 5. The molecule has 0 unspecified atom stereocenters. The van der Waals surface area contributed by atoms with Gasteiger partial charge in [-0.3, -0.25) is 9.69 Å². The molecule has 6 nitrogen and oxygen atoms in total. The Bertz CT molecular complexity index is 745. The second kappa shape index (κ2) is 7.56. The van der Waals surface area contributed by atoms with Crippen molar-refractivity contribution in [2.24, 2.45) is 11.8 Å². The van der Waals surface area contributed by atoms with Crippen LogP contribution in [0, 0.1) is 11.8 Å². The maximum atomic E-state index is 12.6. The normalized spacial score (nSPS) is 27.9. The number of carbonyl (C=O) groups excluding carboxylic acids is 1. The molecule has 3 atom stereocenters. The maximum Gasteiger partial charge on any atom is 0.223 e. The number of carbonyl (C=O) groups is 1. The number of hydrogen-bond donors (Lipinski definition) is 1. The average molecular weight is 381 g/mol. The lowest BCUT2D eigenvalue weighted by Gasteiger charge is -2.32. The Morgan fingerprint density at radius 3 is 2.58 bits per heavy atom. The number of nitrogens with zero attached hydrogens (tertiary/aromatic N) is 1. The summed E-state index contributed by atoms with van der Waals surface area (Å²) >= 11 is 0. The second-order valence-electron chi connectivity index (χ2n) is 7.67. The van der Waals surface area contributed by atoms with Gasteiger partial charge in [0.05, 0.1) is 18.1 Å². The Balaban J connectivity index is 1.73. The van der Waals surface area contributed by atoms with Gasteiger partial charge in [0, 0.05) is 37.5 Å². The Hall–Kier alpha value is -1.60. The van der Waals surface area contributed by atoms with Crippen LogP contribution in [0.4, 0.5) is 0 Å². The van der Waals surface area contributed by atoms with Crippen molar-refractivity contribution >= 4 is 15.7 Å². The van der Waals surface area contributed by atoms with Gasteiger partial charge in [-0.25, -0.2) is 8.42 Å². The highest BCUT2D eigenvalue weighted by Gasteiger charge is 2.50. The highest BCUT2D eigenvalue weighted by Crippen LogP contribution is 2.37. The molecule has 7 heteroatoms. The Morgan fingerprint density at radius 2 is 1.96 bits per heavy atom. The third-order valence-corrected chi connectivity index (χ3v) is 7.64. The van der Waals surface area contributed by atoms with Crippen LogP contribution in [0.1, 0.15) is 25.8 Å². The zero-order chi connectivity index (χ0) is 18.9. The Morgan fingerprint density at radius 1 is 1.27 bits per heavy atom. The van der Waals surface area contributed by atoms with E-state index in [2.05, 4.69) is 10.2 Å². The van der Waals surface area contributed by atoms with Crippen molar-refractivity contribution < 1.29 is 17.9 Å². The van der Waals surface area contributed by atoms with E-state index < -0.39 is 15.1 Å². The van der Waals surface area contributed by atoms with Crippen LogP contribution in [-0.4, -0.2) is 56.5 Å². The Kier molecular flexibility index (Phi) is 5.58. The van der Waals surface area contributed by atoms with E-state index in [1.807, 2.05) is 38.1 Å². The summed E-state index contributed by atoms with van der Waals surface area (Å²) in [7, 11) is -1.50. The van der Waals surface area contributed by atoms with Crippen LogP contribution in [0.15, 0.2) is 24.3 Å². The van der Waals surface area contributed by atoms with Gasteiger partial charge in [-0.1, -0.05) is 12.1 Å². The van der Waals surface area contributed by atoms with E-state index in [1.165, 1.54) is 0 Å². The minimum Gasteiger partial charge on any atom is -0.497 e. The number of nitrogens with one attached hydrogen (secondary N) is 1. The molecule has 1 amide bonds. The van der Waals surface area contributed by atoms with E-state index in [0.717, 1.165) is 11.3 Å². The smallest absolute Gasteiger partial charge is 0.223 e. The molecule has 0 radical (unpaired) electrons. The third-order valence-electron chi connectivity index (χ3n) is 5.41. The fourth-order valence-corrected chi connectivity index (χ4v) is 6.27. The van der Waals surface area contributed by atoms with Gasteiger partial charge in [0.1, 0.15) is 5.75 Å². The fourth-order valence-electron chi connectivity index (χ4n) is 4.14. The van der Waals surface area contributed by atoms with Crippen molar-refractivity contribution in [1.29, 1.82) is 0 Å². The van der Waals surface area contributed by atoms with E-state index >= 15 is 0 Å². The summed E-state index contributed by atoms with van der Waals surface area (Å²) in [6.07, 6.45) is 0.429. The molecule has 1 aromatic carbocycles. The molecular formula is C19H28N2O4S. The lowest BCUT2D eigenvalue weighted by molar-refractivity contribution is -0.127. The second-order valence-corrected chi connectivity index (χ2v) is 10.0. The van der Waals surface area contributed by atoms with Gasteiger partial charge in [0.2, 0.25) is 5.91 Å². The molecule has 2 saturated heterocycles. The summed E-state index contributed by atoms with van der Waals surface area (Å²) in [5.41, 5.74) is 1.12. The van der Waals surface area contributed by atoms with Crippen molar-refractivity contribution in [3.63, 3.8) is 0 Å². The van der Waals surface area contributed by atoms with Crippen LogP contribution in [0.5, 0.6) is 5.75 Å². The molecule has 3 rings (SSSR count). The zero-order valence-corrected chi connectivity index (χ0v) is 16.5. The fraction of sp³-hybridized carbons (Fsp3) is 0.632. The Labute approximate surface area is 155 Å². The summed E-state index contributed by atoms with van der Waals surface area (Å²) in [4.78, 5) is 14.7. The molecule has 1 aromatic rings. The molecule has 0 bridgehead atoms. The quantitative estimate of drug-likeness (QED) is 0.837. The molecule has 2 aliphatic rings. The average Bonchev–Trinajstić information content (AvgIpc) is 3.00. The van der Waals surface area contributed by atoms with Gasteiger partial charge >= 0.3 is 0 Å². The van der Waals surface area contributed by atoms with Gasteiger partial charge in [0.25, 0.3) is 0 Å². The number of amides is 1. The molecule has 0 spiro atoms. The monoisotopic (exact) mass is 380 g/mol. The number of methoxy groups -OCH3 is 1. The van der Waals surface area contributed by atoms with Gasteiger partial charge in [0.15, 0.2) is 9.84 Å². The molecule has 144 valence electrons. The number of likely N-dealkylation sites (tertiary alicyclic amines) is 1. The molecule has 0 saturated carbocycles. The minimum atomic E-state index is -3.13. The van der Waals surface area contributed by atoms with Crippen LogP contribution in [0.25, 0.3) is 0 Å². The molecule has 2 heterocycles. The van der Waals surface area contributed by atoms with E-state index in [9.17, 15) is 13.2 Å². The van der Waals surface area contributed by atoms with Crippen molar-refractivity contribution in [3.05, 3.63) is 29.8 Å². The summed E-state index contributed by atoms with van der Waals surface area (Å²) in [6.45, 7) is 5.70. The molecule has 2 fully saturated rings. The number of sulfone groups is 1. The van der Waals surface area contributed by atoms with E-state index in [1.54, 1.807) is 7.11 Å². The lowest BCUT2D eigenvalue weighted by atomic mass is 9.87. The molecule has 0 aliphatic carbocycles. The van der Waals surface area contributed by atoms with Crippen LogP contribution in [0.3, 0.4) is 0 Å². The van der Waals surface area contributed by atoms with Crippen LogP contribution < -0.4 is 10.1 Å². The van der Waals surface area contributed by atoms with Crippen molar-refractivity contribution in [3.8, 4) is 5.75 Å². The molecule has 0 aromatic heterocycles. The number of fused-ring (bicyclic) bond motifs is 1. The van der Waals surface area contributed by atoms with Crippen LogP contribution in [-0.2, 0) is 21.2 Å². The largest absolute Gasteiger partial charge is 0.497 e. The number of hydrogen-bond acceptors (Lipinski definition) is 5. The summed E-state index contributed by atoms with van der Waals surface area (Å²) in [6, 6.07) is 7.88. The molecule has 26 heavy (non-hydrogen) atoms. The van der Waals surface area contributed by atoms with Crippen LogP contribution in [0.2, 0.25) is 0 Å². The first-order chi connectivity index (χ1) is 12.3. The molecule has 2 aliphatic heterocycles. The van der Waals surface area contributed by atoms with Gasteiger partial charge in [-0.15, -0.1) is 0 Å². The summed E-state index contributed by atoms with van der Waals surface area (Å²) < 4.78 is 30.3. The number of benzene rings is 1. The highest BCUT2D eigenvalue weighted by atomic mass is 32.2. The van der Waals surface area contributed by atoms with Crippen molar-refractivity contribution in [2.75, 3.05) is 26.0 Å². The standard InChI is InChI=1S/C19H28N2O4S/c1-13(2)20-19(22)16-8-9-26(23,24)18-12-21(11-17(16)18)10-14-4-6-15(25-3)7-5-14/h4-7,13,16-18H,8-12H2,1-3H3,(H,20,22)/t16-,17+,18+/m1/s1.